The summed E-state index contributed by atoms with van der Waals surface area (Å²) in [5.74, 6) is 0.0518. The molecule has 0 aliphatic carbocycles. The third-order valence-corrected chi connectivity index (χ3v) is 3.93. The second kappa shape index (κ2) is 2.90. The SMILES string of the molecule is O=C(O)c1cc[pH]c1S(=O)(=O)O. The predicted molar refractivity (Wildman–Crippen MR) is 42.7 cm³/mol. The lowest BCUT2D eigenvalue weighted by Crippen LogP contribution is -2.03. The quantitative estimate of drug-likeness (QED) is 0.696. The van der Waals surface area contributed by atoms with Crippen molar-refractivity contribution in [1.82, 2.24) is 0 Å². The summed E-state index contributed by atoms with van der Waals surface area (Å²) in [6.45, 7) is 0. The van der Waals surface area contributed by atoms with Gasteiger partial charge in [0.15, 0.2) is 0 Å². The summed E-state index contributed by atoms with van der Waals surface area (Å²) in [6.07, 6.45) is 0. The highest BCUT2D eigenvalue weighted by atomic mass is 32.2. The number of carboxylic acids is 1. The van der Waals surface area contributed by atoms with E-state index in [4.69, 9.17) is 9.66 Å². The van der Waals surface area contributed by atoms with Gasteiger partial charge in [0.25, 0.3) is 10.1 Å². The molecule has 1 rings (SSSR count). The van der Waals surface area contributed by atoms with E-state index in [2.05, 4.69) is 0 Å². The molecule has 0 amide bonds. The van der Waals surface area contributed by atoms with Crippen LogP contribution < -0.4 is 0 Å². The van der Waals surface area contributed by atoms with Gasteiger partial charge in [0.1, 0.15) is 4.63 Å². The minimum atomic E-state index is -4.35. The van der Waals surface area contributed by atoms with Gasteiger partial charge in [-0.25, -0.2) is 4.79 Å². The zero-order chi connectivity index (χ0) is 9.35. The molecule has 1 heterocycles. The topological polar surface area (TPSA) is 91.7 Å². The summed E-state index contributed by atoms with van der Waals surface area (Å²) in [6, 6.07) is 1.17. The first-order valence-electron chi connectivity index (χ1n) is 2.81. The van der Waals surface area contributed by atoms with Crippen LogP contribution in [0.2, 0.25) is 0 Å². The van der Waals surface area contributed by atoms with Crippen molar-refractivity contribution in [3.63, 3.8) is 0 Å². The molecular weight excluding hydrogens is 203 g/mol. The maximum atomic E-state index is 10.5. The number of hydrogen-bond acceptors (Lipinski definition) is 3. The molecule has 5 nitrogen and oxygen atoms in total. The van der Waals surface area contributed by atoms with Gasteiger partial charge in [0, 0.05) is 0 Å². The smallest absolute Gasteiger partial charge is 0.337 e. The average molecular weight is 208 g/mol. The van der Waals surface area contributed by atoms with Crippen LogP contribution in [0, 0.1) is 0 Å². The molecule has 0 aromatic carbocycles. The molecule has 2 N–H and O–H groups in total. The van der Waals surface area contributed by atoms with E-state index in [1.807, 2.05) is 0 Å². The lowest BCUT2D eigenvalue weighted by molar-refractivity contribution is 0.0693. The van der Waals surface area contributed by atoms with Gasteiger partial charge in [0.05, 0.1) is 5.56 Å². The predicted octanol–water partition coefficient (Wildman–Crippen LogP) is 0.663. The summed E-state index contributed by atoms with van der Waals surface area (Å²) in [5, 5.41) is 8.47. The highest BCUT2D eigenvalue weighted by molar-refractivity contribution is 7.89. The molecule has 1 aromatic heterocycles. The number of aromatic carboxylic acids is 1. The van der Waals surface area contributed by atoms with Gasteiger partial charge in [-0.2, -0.15) is 8.42 Å². The summed E-state index contributed by atoms with van der Waals surface area (Å²) in [5.41, 5.74) is -0.351. The summed E-state index contributed by atoms with van der Waals surface area (Å²) < 4.78 is 29.2. The minimum absolute atomic E-state index is 0.295. The van der Waals surface area contributed by atoms with Crippen molar-refractivity contribution in [2.45, 2.75) is 4.63 Å². The van der Waals surface area contributed by atoms with Crippen molar-refractivity contribution in [3.05, 3.63) is 17.4 Å². The largest absolute Gasteiger partial charge is 0.478 e. The fourth-order valence-electron chi connectivity index (χ4n) is 0.736. The van der Waals surface area contributed by atoms with Crippen LogP contribution in [-0.4, -0.2) is 24.0 Å². The maximum absolute atomic E-state index is 10.5. The molecule has 1 atom stereocenters. The number of carbonyl (C=O) groups is 1. The first-order valence-corrected chi connectivity index (χ1v) is 5.33. The van der Waals surface area contributed by atoms with Crippen LogP contribution in [0.15, 0.2) is 16.5 Å². The lowest BCUT2D eigenvalue weighted by Gasteiger charge is -1.93. The Hall–Kier alpha value is -0.840. The molecule has 0 saturated carbocycles. The number of carboxylic acid groups (broad SMARTS) is 1. The van der Waals surface area contributed by atoms with E-state index in [-0.39, 0.29) is 13.8 Å². The highest BCUT2D eigenvalue weighted by Gasteiger charge is 2.19. The van der Waals surface area contributed by atoms with Gasteiger partial charge in [0.2, 0.25) is 0 Å². The molecule has 0 bridgehead atoms. The third-order valence-electron chi connectivity index (χ3n) is 1.20. The standard InChI is InChI=1S/C5H5O5PS/c6-4(7)3-1-2-11-5(3)12(8,9)10/h1-2,11H,(H,6,7)(H,8,9,10). The van der Waals surface area contributed by atoms with Crippen LogP contribution in [0.5, 0.6) is 0 Å². The van der Waals surface area contributed by atoms with Crippen molar-refractivity contribution >= 4 is 24.3 Å². The average Bonchev–Trinajstić information content (AvgIpc) is 2.30. The second-order valence-electron chi connectivity index (χ2n) is 2.00. The van der Waals surface area contributed by atoms with Gasteiger partial charge in [-0.15, -0.1) is 8.19 Å². The zero-order valence-corrected chi connectivity index (χ0v) is 7.50. The van der Waals surface area contributed by atoms with Crippen LogP contribution in [0.3, 0.4) is 0 Å². The van der Waals surface area contributed by atoms with E-state index >= 15 is 0 Å². The molecule has 0 aliphatic rings. The Kier molecular flexibility index (Phi) is 2.23. The Morgan fingerprint density at radius 3 is 2.42 bits per heavy atom. The Labute approximate surface area is 69.9 Å². The van der Waals surface area contributed by atoms with Crippen molar-refractivity contribution in [2.75, 3.05) is 0 Å². The zero-order valence-electron chi connectivity index (χ0n) is 5.68. The Morgan fingerprint density at radius 2 is 2.08 bits per heavy atom. The van der Waals surface area contributed by atoms with E-state index in [1.54, 1.807) is 0 Å². The molecule has 0 spiro atoms. The summed E-state index contributed by atoms with van der Waals surface area (Å²) in [7, 11) is -4.64. The van der Waals surface area contributed by atoms with Crippen LogP contribution in [0.1, 0.15) is 10.4 Å². The normalized spacial score (nSPS) is 12.1. The molecular formula is C5H5O5PS. The Bertz CT molecular complexity index is 403. The summed E-state index contributed by atoms with van der Waals surface area (Å²) >= 11 is 0. The molecule has 66 valence electrons. The molecule has 0 aliphatic heterocycles. The Balaban J connectivity index is 3.36. The van der Waals surface area contributed by atoms with Crippen molar-refractivity contribution in [2.24, 2.45) is 0 Å². The van der Waals surface area contributed by atoms with Gasteiger partial charge >= 0.3 is 5.97 Å². The van der Waals surface area contributed by atoms with Crippen LogP contribution in [0.25, 0.3) is 0 Å². The minimum Gasteiger partial charge on any atom is -0.478 e. The number of rotatable bonds is 2. The fourth-order valence-corrected chi connectivity index (χ4v) is 2.72. The number of hydrogen-bond donors (Lipinski definition) is 2. The van der Waals surface area contributed by atoms with Gasteiger partial charge in [-0.1, -0.05) is 0 Å². The molecule has 1 aromatic rings. The van der Waals surface area contributed by atoms with Crippen molar-refractivity contribution in [3.8, 4) is 0 Å². The first-order chi connectivity index (χ1) is 5.43. The van der Waals surface area contributed by atoms with Crippen LogP contribution >= 0.6 is 8.19 Å². The maximum Gasteiger partial charge on any atom is 0.337 e. The fraction of sp³-hybridized carbons (Fsp3) is 0. The van der Waals surface area contributed by atoms with Gasteiger partial charge in [-0.05, 0) is 11.9 Å². The van der Waals surface area contributed by atoms with Crippen LogP contribution in [0.4, 0.5) is 0 Å². The van der Waals surface area contributed by atoms with Gasteiger partial charge in [-0.3, -0.25) is 4.55 Å². The molecule has 0 fully saturated rings. The first kappa shape index (κ1) is 9.25. The van der Waals surface area contributed by atoms with E-state index in [1.165, 1.54) is 11.9 Å². The molecule has 12 heavy (non-hydrogen) atoms. The molecule has 0 saturated heterocycles. The van der Waals surface area contributed by atoms with Gasteiger partial charge < -0.3 is 5.11 Å². The monoisotopic (exact) mass is 208 g/mol. The third kappa shape index (κ3) is 1.66. The molecule has 7 heteroatoms. The van der Waals surface area contributed by atoms with E-state index < -0.39 is 20.7 Å². The van der Waals surface area contributed by atoms with Crippen molar-refractivity contribution in [1.29, 1.82) is 0 Å². The van der Waals surface area contributed by atoms with E-state index in [0.29, 0.717) is 0 Å². The van der Waals surface area contributed by atoms with Crippen LogP contribution in [-0.2, 0) is 10.1 Å². The lowest BCUT2D eigenvalue weighted by atomic mass is 10.4. The Morgan fingerprint density at radius 1 is 1.50 bits per heavy atom. The summed E-state index contributed by atoms with van der Waals surface area (Å²) in [4.78, 5) is 10.4. The molecule has 0 radical (unpaired) electrons. The highest BCUT2D eigenvalue weighted by Crippen LogP contribution is 2.26. The molecule has 1 unspecified atom stereocenters. The van der Waals surface area contributed by atoms with E-state index in [0.717, 1.165) is 0 Å². The van der Waals surface area contributed by atoms with Crippen molar-refractivity contribution < 1.29 is 22.9 Å². The second-order valence-corrected chi connectivity index (χ2v) is 4.84. The van der Waals surface area contributed by atoms with E-state index in [9.17, 15) is 13.2 Å².